The van der Waals surface area contributed by atoms with Crippen molar-refractivity contribution >= 4 is 49.8 Å². The minimum atomic E-state index is -0.113. The van der Waals surface area contributed by atoms with Crippen molar-refractivity contribution in [3.8, 4) is 0 Å². The van der Waals surface area contributed by atoms with Crippen molar-refractivity contribution in [3.05, 3.63) is 32.8 Å². The number of halogens is 3. The van der Waals surface area contributed by atoms with Gasteiger partial charge in [0.15, 0.2) is 5.78 Å². The molecule has 1 rings (SSSR count). The molecule has 0 aliphatic rings. The Bertz CT molecular complexity index is 371. The molecule has 0 aliphatic carbocycles. The third-order valence-corrected chi connectivity index (χ3v) is 3.04. The Labute approximate surface area is 118 Å². The zero-order valence-corrected chi connectivity index (χ0v) is 11.4. The first-order chi connectivity index (χ1) is 6.57. The van der Waals surface area contributed by atoms with Gasteiger partial charge in [-0.05, 0) is 18.6 Å². The van der Waals surface area contributed by atoms with Crippen LogP contribution in [-0.2, 0) is 0 Å². The fourth-order valence-corrected chi connectivity index (χ4v) is 1.99. The number of hydrogen-bond acceptors (Lipinski definition) is 1. The summed E-state index contributed by atoms with van der Waals surface area (Å²) in [6.45, 7) is 0. The Balaban J connectivity index is 0.00000196. The summed E-state index contributed by atoms with van der Waals surface area (Å²) < 4.78 is 0. The first kappa shape index (κ1) is 15.8. The van der Waals surface area contributed by atoms with Crippen LogP contribution in [0.5, 0.6) is 0 Å². The molecule has 0 unspecified atom stereocenters. The van der Waals surface area contributed by atoms with E-state index in [4.69, 9.17) is 34.8 Å². The van der Waals surface area contributed by atoms with Gasteiger partial charge in [0.25, 0.3) is 0 Å². The van der Waals surface area contributed by atoms with E-state index in [1.165, 1.54) is 0 Å². The van der Waals surface area contributed by atoms with Gasteiger partial charge in [0.05, 0.1) is 20.6 Å². The van der Waals surface area contributed by atoms with Crippen molar-refractivity contribution in [2.45, 2.75) is 6.42 Å². The molecule has 15 heavy (non-hydrogen) atoms. The SMILES string of the molecule is O=C(CC[PH-])c1c(Cl)ccc(Cl)c1Cl.[Li+]. The van der Waals surface area contributed by atoms with Gasteiger partial charge >= 0.3 is 18.9 Å². The quantitative estimate of drug-likeness (QED) is 0.352. The predicted octanol–water partition coefficient (Wildman–Crippen LogP) is 1.37. The van der Waals surface area contributed by atoms with Gasteiger partial charge in [0.2, 0.25) is 0 Å². The summed E-state index contributed by atoms with van der Waals surface area (Å²) in [7, 11) is 3.22. The molecule has 76 valence electrons. The zero-order chi connectivity index (χ0) is 10.7. The summed E-state index contributed by atoms with van der Waals surface area (Å²) >= 11 is 17.5. The molecule has 0 atom stereocenters. The molecule has 1 aromatic carbocycles. The molecule has 0 radical (unpaired) electrons. The number of hydrogen-bond donors (Lipinski definition) is 0. The average Bonchev–Trinajstić information content (AvgIpc) is 2.13. The van der Waals surface area contributed by atoms with Crippen molar-refractivity contribution < 1.29 is 23.7 Å². The summed E-state index contributed by atoms with van der Waals surface area (Å²) in [6.07, 6.45) is 0.911. The average molecular weight is 275 g/mol. The van der Waals surface area contributed by atoms with Crippen LogP contribution >= 0.6 is 44.0 Å². The first-order valence-corrected chi connectivity index (χ1v) is 5.73. The molecule has 6 heteroatoms. The van der Waals surface area contributed by atoms with E-state index in [0.717, 1.165) is 0 Å². The molecule has 0 saturated heterocycles. The van der Waals surface area contributed by atoms with Crippen molar-refractivity contribution in [2.24, 2.45) is 0 Å². The maximum absolute atomic E-state index is 11.6. The molecule has 0 spiro atoms. The second-order valence-corrected chi connectivity index (χ2v) is 4.33. The van der Waals surface area contributed by atoms with Gasteiger partial charge in [-0.3, -0.25) is 4.79 Å². The fourth-order valence-electron chi connectivity index (χ4n) is 1.02. The van der Waals surface area contributed by atoms with Gasteiger partial charge in [-0.2, -0.15) is 6.16 Å². The molecule has 0 fully saturated rings. The smallest absolute Gasteiger partial charge is 0.558 e. The van der Waals surface area contributed by atoms with Crippen LogP contribution in [0.4, 0.5) is 0 Å². The van der Waals surface area contributed by atoms with Crippen LogP contribution in [0.1, 0.15) is 16.8 Å². The number of ketones is 1. The van der Waals surface area contributed by atoms with E-state index in [0.29, 0.717) is 28.2 Å². The Morgan fingerprint density at radius 3 is 2.27 bits per heavy atom. The van der Waals surface area contributed by atoms with Crippen molar-refractivity contribution in [1.82, 2.24) is 0 Å². The van der Waals surface area contributed by atoms with Crippen LogP contribution < -0.4 is 18.9 Å². The van der Waals surface area contributed by atoms with Gasteiger partial charge in [0.1, 0.15) is 0 Å². The number of carbonyl (C=O) groups excluding carboxylic acids is 1. The van der Waals surface area contributed by atoms with Gasteiger partial charge < -0.3 is 9.24 Å². The van der Waals surface area contributed by atoms with Crippen LogP contribution in [0.2, 0.25) is 15.1 Å². The van der Waals surface area contributed by atoms with E-state index < -0.39 is 0 Å². The third kappa shape index (κ3) is 3.94. The van der Waals surface area contributed by atoms with Gasteiger partial charge in [-0.1, -0.05) is 34.8 Å². The topological polar surface area (TPSA) is 17.1 Å². The number of benzene rings is 1. The zero-order valence-electron chi connectivity index (χ0n) is 8.11. The Kier molecular flexibility index (Phi) is 7.56. The maximum Gasteiger partial charge on any atom is 1.00 e. The molecular formula is C9H7Cl3LiOP. The van der Waals surface area contributed by atoms with Crippen molar-refractivity contribution in [2.75, 3.05) is 6.16 Å². The molecule has 1 nitrogen and oxygen atoms in total. The van der Waals surface area contributed by atoms with Crippen LogP contribution in [0, 0.1) is 0 Å². The summed E-state index contributed by atoms with van der Waals surface area (Å²) in [5.74, 6) is -0.113. The molecule has 0 aromatic heterocycles. The molecule has 0 aliphatic heterocycles. The minimum absolute atomic E-state index is 0. The molecule has 0 bridgehead atoms. The largest absolute Gasteiger partial charge is 1.00 e. The monoisotopic (exact) mass is 274 g/mol. The van der Waals surface area contributed by atoms with E-state index in [1.54, 1.807) is 12.1 Å². The number of rotatable bonds is 3. The molecule has 1 aromatic rings. The van der Waals surface area contributed by atoms with E-state index in [-0.39, 0.29) is 29.7 Å². The number of carbonyl (C=O) groups is 1. The summed E-state index contributed by atoms with van der Waals surface area (Å²) in [5.41, 5.74) is 0.305. The Morgan fingerprint density at radius 2 is 1.73 bits per heavy atom. The van der Waals surface area contributed by atoms with Crippen molar-refractivity contribution in [3.63, 3.8) is 0 Å². The van der Waals surface area contributed by atoms with Gasteiger partial charge in [0, 0.05) is 0 Å². The molecule has 0 heterocycles. The summed E-state index contributed by atoms with van der Waals surface area (Å²) in [6, 6.07) is 3.13. The van der Waals surface area contributed by atoms with Gasteiger partial charge in [-0.15, -0.1) is 0 Å². The van der Waals surface area contributed by atoms with Crippen LogP contribution in [0.15, 0.2) is 12.1 Å². The minimum Gasteiger partial charge on any atom is -0.558 e. The second-order valence-electron chi connectivity index (χ2n) is 2.64. The summed E-state index contributed by atoms with van der Waals surface area (Å²) in [5, 5.41) is 0.905. The van der Waals surface area contributed by atoms with Gasteiger partial charge in [-0.25, -0.2) is 0 Å². The maximum atomic E-state index is 11.6. The predicted molar refractivity (Wildman–Crippen MR) is 63.6 cm³/mol. The standard InChI is InChI=1S/C9H7Cl3OP.Li/c10-5-1-2-6(11)9(12)8(5)7(13)3-4-14;/h1-2,14H,3-4H2;/q-1;+1. The molecule has 0 amide bonds. The second kappa shape index (κ2) is 7.18. The van der Waals surface area contributed by atoms with E-state index in [2.05, 4.69) is 9.24 Å². The number of Topliss-reactive ketones (excluding diaryl/α,β-unsaturated/α-hetero) is 1. The van der Waals surface area contributed by atoms with Crippen LogP contribution in [-0.4, -0.2) is 11.9 Å². The van der Waals surface area contributed by atoms with E-state index >= 15 is 0 Å². The van der Waals surface area contributed by atoms with Crippen LogP contribution in [0.3, 0.4) is 0 Å². The Morgan fingerprint density at radius 1 is 1.20 bits per heavy atom. The van der Waals surface area contributed by atoms with Crippen LogP contribution in [0.25, 0.3) is 0 Å². The molecule has 0 saturated carbocycles. The molecular weight excluding hydrogens is 268 g/mol. The Hall–Kier alpha value is 0.787. The summed E-state index contributed by atoms with van der Waals surface area (Å²) in [4.78, 5) is 11.6. The third-order valence-electron chi connectivity index (χ3n) is 1.67. The van der Waals surface area contributed by atoms with E-state index in [9.17, 15) is 4.79 Å². The molecule has 0 N–H and O–H groups in total. The normalized spacial score (nSPS) is 9.60. The van der Waals surface area contributed by atoms with E-state index in [1.807, 2.05) is 0 Å². The van der Waals surface area contributed by atoms with Crippen molar-refractivity contribution in [1.29, 1.82) is 0 Å². The fraction of sp³-hybridized carbons (Fsp3) is 0.222. The first-order valence-electron chi connectivity index (χ1n) is 3.89.